The number of H-pyrrole nitrogens is 1. The van der Waals surface area contributed by atoms with Crippen molar-refractivity contribution in [2.75, 3.05) is 6.26 Å². The molecule has 4 rings (SSSR count). The Morgan fingerprint density at radius 2 is 1.91 bits per heavy atom. The maximum atomic E-state index is 14.5. The zero-order valence-corrected chi connectivity index (χ0v) is 19.4. The summed E-state index contributed by atoms with van der Waals surface area (Å²) in [5, 5.41) is 0.441. The van der Waals surface area contributed by atoms with Crippen LogP contribution in [0.4, 0.5) is 8.78 Å². The van der Waals surface area contributed by atoms with E-state index in [-0.39, 0.29) is 28.9 Å². The third-order valence-corrected chi connectivity index (χ3v) is 5.99. The van der Waals surface area contributed by atoms with Gasteiger partial charge in [0, 0.05) is 38.3 Å². The predicted octanol–water partition coefficient (Wildman–Crippen LogP) is 3.78. The molecule has 0 saturated heterocycles. The van der Waals surface area contributed by atoms with Gasteiger partial charge >= 0.3 is 0 Å². The standard InChI is InChI=1S/C22H16BrF2N3O4S/c1-33(31,32)27-22(30)20-19(15-3-2-8-26-21(15)29)16-10-13(23)4-7-18(16)28(20)11-12-9-14(24)5-6-17(12)25/h2-10H,11H2,1H3,(H,26,29)(H,27,30). The fourth-order valence-electron chi connectivity index (χ4n) is 3.67. The van der Waals surface area contributed by atoms with Crippen molar-refractivity contribution in [3.8, 4) is 11.1 Å². The van der Waals surface area contributed by atoms with Crippen molar-refractivity contribution in [1.29, 1.82) is 0 Å². The van der Waals surface area contributed by atoms with E-state index in [0.29, 0.717) is 15.4 Å². The number of benzene rings is 2. The molecule has 2 aromatic carbocycles. The van der Waals surface area contributed by atoms with Crippen molar-refractivity contribution in [1.82, 2.24) is 14.3 Å². The minimum Gasteiger partial charge on any atom is -0.331 e. The van der Waals surface area contributed by atoms with Crippen LogP contribution in [0.25, 0.3) is 22.0 Å². The van der Waals surface area contributed by atoms with Crippen LogP contribution in [0.3, 0.4) is 0 Å². The maximum Gasteiger partial charge on any atom is 0.282 e. The molecule has 1 amide bonds. The summed E-state index contributed by atoms with van der Waals surface area (Å²) in [4.78, 5) is 28.4. The van der Waals surface area contributed by atoms with E-state index < -0.39 is 33.1 Å². The van der Waals surface area contributed by atoms with E-state index in [4.69, 9.17) is 0 Å². The Morgan fingerprint density at radius 3 is 2.61 bits per heavy atom. The number of amides is 1. The fourth-order valence-corrected chi connectivity index (χ4v) is 4.46. The first-order valence-corrected chi connectivity index (χ1v) is 12.2. The number of pyridine rings is 1. The highest BCUT2D eigenvalue weighted by molar-refractivity contribution is 9.10. The molecule has 0 unspecified atom stereocenters. The third-order valence-electron chi connectivity index (χ3n) is 4.94. The molecular formula is C22H16BrF2N3O4S. The zero-order valence-electron chi connectivity index (χ0n) is 17.0. The van der Waals surface area contributed by atoms with Crippen molar-refractivity contribution in [3.63, 3.8) is 0 Å². The lowest BCUT2D eigenvalue weighted by Crippen LogP contribution is -2.32. The van der Waals surface area contributed by atoms with E-state index >= 15 is 0 Å². The fraction of sp³-hybridized carbons (Fsp3) is 0.0909. The number of aromatic amines is 1. The zero-order chi connectivity index (χ0) is 23.9. The summed E-state index contributed by atoms with van der Waals surface area (Å²) in [5.74, 6) is -2.39. The molecule has 0 aliphatic carbocycles. The molecule has 0 aliphatic rings. The highest BCUT2D eigenvalue weighted by Gasteiger charge is 2.27. The number of sulfonamides is 1. The normalized spacial score (nSPS) is 11.6. The summed E-state index contributed by atoms with van der Waals surface area (Å²) in [7, 11) is -3.97. The molecule has 0 radical (unpaired) electrons. The average Bonchev–Trinajstić information content (AvgIpc) is 3.03. The largest absolute Gasteiger partial charge is 0.331 e. The van der Waals surface area contributed by atoms with E-state index in [1.165, 1.54) is 16.8 Å². The van der Waals surface area contributed by atoms with Gasteiger partial charge < -0.3 is 9.55 Å². The second-order valence-electron chi connectivity index (χ2n) is 7.32. The van der Waals surface area contributed by atoms with Crippen LogP contribution in [-0.4, -0.2) is 30.1 Å². The number of nitrogens with one attached hydrogen (secondary N) is 2. The Balaban J connectivity index is 2.10. The molecule has 0 aliphatic heterocycles. The predicted molar refractivity (Wildman–Crippen MR) is 123 cm³/mol. The van der Waals surface area contributed by atoms with Gasteiger partial charge in [-0.3, -0.25) is 9.59 Å². The molecular weight excluding hydrogens is 520 g/mol. The molecule has 7 nitrogen and oxygen atoms in total. The molecule has 0 saturated carbocycles. The third kappa shape index (κ3) is 4.60. The molecule has 4 aromatic rings. The van der Waals surface area contributed by atoms with Crippen molar-refractivity contribution in [3.05, 3.63) is 92.4 Å². The number of carbonyl (C=O) groups is 1. The van der Waals surface area contributed by atoms with Crippen molar-refractivity contribution in [2.45, 2.75) is 6.54 Å². The van der Waals surface area contributed by atoms with Gasteiger partial charge in [0.2, 0.25) is 10.0 Å². The SMILES string of the molecule is CS(=O)(=O)NC(=O)c1c(-c2ccc[nH]c2=O)c2cc(Br)ccc2n1Cc1cc(F)ccc1F. The van der Waals surface area contributed by atoms with Gasteiger partial charge in [-0.05, 0) is 48.5 Å². The smallest absolute Gasteiger partial charge is 0.282 e. The molecule has 2 heterocycles. The Kier molecular flexibility index (Phi) is 5.93. The van der Waals surface area contributed by atoms with Crippen molar-refractivity contribution in [2.24, 2.45) is 0 Å². The summed E-state index contributed by atoms with van der Waals surface area (Å²) in [5.41, 5.74) is -0.0740. The number of halogens is 3. The lowest BCUT2D eigenvalue weighted by Gasteiger charge is -2.13. The summed E-state index contributed by atoms with van der Waals surface area (Å²) >= 11 is 3.36. The van der Waals surface area contributed by atoms with Crippen LogP contribution in [0.5, 0.6) is 0 Å². The van der Waals surface area contributed by atoms with Crippen LogP contribution in [0.2, 0.25) is 0 Å². The number of nitrogens with zero attached hydrogens (tertiary/aromatic N) is 1. The van der Waals surface area contributed by atoms with Gasteiger partial charge in [0.05, 0.1) is 12.8 Å². The van der Waals surface area contributed by atoms with Gasteiger partial charge in [0.25, 0.3) is 11.5 Å². The summed E-state index contributed by atoms with van der Waals surface area (Å²) in [6.45, 7) is -0.293. The van der Waals surface area contributed by atoms with Crippen LogP contribution < -0.4 is 10.3 Å². The summed E-state index contributed by atoms with van der Waals surface area (Å²) < 4.78 is 55.9. The quantitative estimate of drug-likeness (QED) is 0.406. The molecule has 33 heavy (non-hydrogen) atoms. The van der Waals surface area contributed by atoms with Crippen LogP contribution >= 0.6 is 15.9 Å². The van der Waals surface area contributed by atoms with Gasteiger partial charge in [0.15, 0.2) is 0 Å². The highest BCUT2D eigenvalue weighted by Crippen LogP contribution is 2.36. The maximum absolute atomic E-state index is 14.5. The van der Waals surface area contributed by atoms with E-state index in [1.807, 2.05) is 4.72 Å². The van der Waals surface area contributed by atoms with Crippen LogP contribution in [0.1, 0.15) is 16.1 Å². The van der Waals surface area contributed by atoms with Gasteiger partial charge in [-0.1, -0.05) is 15.9 Å². The molecule has 0 fully saturated rings. The van der Waals surface area contributed by atoms with E-state index in [2.05, 4.69) is 20.9 Å². The minimum atomic E-state index is -3.97. The summed E-state index contributed by atoms with van der Waals surface area (Å²) in [6.07, 6.45) is 2.23. The van der Waals surface area contributed by atoms with Gasteiger partial charge in [0.1, 0.15) is 17.3 Å². The first-order valence-electron chi connectivity index (χ1n) is 9.51. The number of fused-ring (bicyclic) bond motifs is 1. The first kappa shape index (κ1) is 22.9. The minimum absolute atomic E-state index is 0.0586. The van der Waals surface area contributed by atoms with Crippen molar-refractivity contribution < 1.29 is 22.0 Å². The first-order chi connectivity index (χ1) is 15.5. The Labute approximate surface area is 195 Å². The Bertz CT molecular complexity index is 1580. The average molecular weight is 536 g/mol. The Hall–Kier alpha value is -3.31. The molecule has 2 aromatic heterocycles. The number of carbonyl (C=O) groups excluding carboxylic acids is 1. The van der Waals surface area contributed by atoms with E-state index in [0.717, 1.165) is 24.5 Å². The molecule has 0 atom stereocenters. The topological polar surface area (TPSA) is 101 Å². The molecule has 11 heteroatoms. The molecule has 0 bridgehead atoms. The lowest BCUT2D eigenvalue weighted by atomic mass is 10.0. The number of rotatable bonds is 5. The number of hydrogen-bond donors (Lipinski definition) is 2. The Morgan fingerprint density at radius 1 is 1.15 bits per heavy atom. The van der Waals surface area contributed by atoms with Gasteiger partial charge in [-0.25, -0.2) is 21.9 Å². The molecule has 170 valence electrons. The van der Waals surface area contributed by atoms with E-state index in [9.17, 15) is 26.8 Å². The molecule has 0 spiro atoms. The van der Waals surface area contributed by atoms with Gasteiger partial charge in [-0.15, -0.1) is 0 Å². The molecule has 2 N–H and O–H groups in total. The van der Waals surface area contributed by atoms with Crippen LogP contribution in [0.15, 0.2) is 64.0 Å². The van der Waals surface area contributed by atoms with Crippen molar-refractivity contribution >= 4 is 42.8 Å². The highest BCUT2D eigenvalue weighted by atomic mass is 79.9. The van der Waals surface area contributed by atoms with E-state index in [1.54, 1.807) is 24.3 Å². The van der Waals surface area contributed by atoms with Crippen LogP contribution in [-0.2, 0) is 16.6 Å². The monoisotopic (exact) mass is 535 g/mol. The number of aromatic nitrogens is 2. The van der Waals surface area contributed by atoms with Crippen LogP contribution in [0, 0.1) is 11.6 Å². The second kappa shape index (κ2) is 8.56. The number of hydrogen-bond acceptors (Lipinski definition) is 4. The lowest BCUT2D eigenvalue weighted by molar-refractivity contribution is 0.0974. The van der Waals surface area contributed by atoms with Gasteiger partial charge in [-0.2, -0.15) is 0 Å². The summed E-state index contributed by atoms with van der Waals surface area (Å²) in [6, 6.07) is 10.9. The second-order valence-corrected chi connectivity index (χ2v) is 9.99.